The molecule has 1 atom stereocenters. The number of thioether (sulfide) groups is 1. The Hall–Kier alpha value is -5.39. The Labute approximate surface area is 259 Å². The van der Waals surface area contributed by atoms with Gasteiger partial charge in [0.05, 0.1) is 18.2 Å². The third-order valence-corrected chi connectivity index (χ3v) is 6.59. The lowest BCUT2D eigenvalue weighted by atomic mass is 9.97. The normalized spacial score (nSPS) is 11.1. The highest BCUT2D eigenvalue weighted by Gasteiger charge is 2.38. The van der Waals surface area contributed by atoms with Crippen molar-refractivity contribution in [3.63, 3.8) is 0 Å². The van der Waals surface area contributed by atoms with E-state index >= 15 is 0 Å². The second-order valence-electron chi connectivity index (χ2n) is 8.82. The van der Waals surface area contributed by atoms with Crippen LogP contribution >= 0.6 is 11.8 Å². The van der Waals surface area contributed by atoms with Gasteiger partial charge in [0.1, 0.15) is 46.6 Å². The van der Waals surface area contributed by atoms with E-state index in [1.807, 2.05) is 0 Å². The zero-order valence-corrected chi connectivity index (χ0v) is 24.6. The number of hydrogen-bond acceptors (Lipinski definition) is 11. The van der Waals surface area contributed by atoms with E-state index < -0.39 is 18.2 Å². The maximum absolute atomic E-state index is 11.9. The van der Waals surface area contributed by atoms with Gasteiger partial charge in [0.15, 0.2) is 0 Å². The molecule has 0 saturated heterocycles. The highest BCUT2D eigenvalue weighted by molar-refractivity contribution is 7.98. The summed E-state index contributed by atoms with van der Waals surface area (Å²) in [5, 5.41) is 32.5. The molecule has 45 heavy (non-hydrogen) atoms. The summed E-state index contributed by atoms with van der Waals surface area (Å²) in [5.74, 6) is -2.38. The number of nitriles is 2. The number of hydrogen-bond donors (Lipinski definition) is 5. The van der Waals surface area contributed by atoms with Gasteiger partial charge in [-0.1, -0.05) is 12.1 Å². The van der Waals surface area contributed by atoms with Crippen molar-refractivity contribution < 1.29 is 37.4 Å². The summed E-state index contributed by atoms with van der Waals surface area (Å²) in [6.45, 7) is 2.13. The molecule has 236 valence electrons. The van der Waals surface area contributed by atoms with Gasteiger partial charge in [-0.3, -0.25) is 14.6 Å². The predicted octanol–water partition coefficient (Wildman–Crippen LogP) is 2.60. The molecule has 7 N–H and O–H groups in total. The first-order chi connectivity index (χ1) is 21.2. The molecule has 17 heteroatoms. The molecule has 0 aliphatic rings. The van der Waals surface area contributed by atoms with Crippen LogP contribution in [0.2, 0.25) is 0 Å². The third kappa shape index (κ3) is 10.4. The Morgan fingerprint density at radius 3 is 2.29 bits per heavy atom. The van der Waals surface area contributed by atoms with Crippen LogP contribution in [0.3, 0.4) is 0 Å². The van der Waals surface area contributed by atoms with Gasteiger partial charge >= 0.3 is 12.1 Å². The SMILES string of the molecule is CNC(=O)c1cc(CSc2nc(N)c(C#N)c(-c3ccc(OCCNC(=O)[C@H](C)N)cc3)c2C#N)ccn1.O=C(O)C(F)(F)F. The maximum Gasteiger partial charge on any atom is 0.490 e. The number of alkyl halides is 3. The fraction of sp³-hybridized carbons (Fsp3) is 0.250. The monoisotopic (exact) mass is 644 g/mol. The molecule has 1 aromatic carbocycles. The fourth-order valence-corrected chi connectivity index (χ4v) is 4.32. The minimum Gasteiger partial charge on any atom is -0.492 e. The number of rotatable bonds is 10. The van der Waals surface area contributed by atoms with Crippen LogP contribution in [-0.2, 0) is 15.3 Å². The molecular formula is C28H27F3N8O5S. The number of aromatic nitrogens is 2. The number of nitrogens with one attached hydrogen (secondary N) is 2. The maximum atomic E-state index is 11.9. The van der Waals surface area contributed by atoms with E-state index in [0.717, 1.165) is 5.56 Å². The number of halogens is 3. The second kappa shape index (κ2) is 16.5. The summed E-state index contributed by atoms with van der Waals surface area (Å²) >= 11 is 1.27. The molecule has 0 radical (unpaired) electrons. The lowest BCUT2D eigenvalue weighted by Crippen LogP contribution is -2.40. The Kier molecular flexibility index (Phi) is 13.1. The Morgan fingerprint density at radius 2 is 1.76 bits per heavy atom. The summed E-state index contributed by atoms with van der Waals surface area (Å²) in [4.78, 5) is 40.7. The average Bonchev–Trinajstić information content (AvgIpc) is 3.01. The molecule has 0 unspecified atom stereocenters. The van der Waals surface area contributed by atoms with Crippen molar-refractivity contribution in [2.75, 3.05) is 25.9 Å². The number of aliphatic carboxylic acids is 1. The van der Waals surface area contributed by atoms with Crippen molar-refractivity contribution in [2.45, 2.75) is 29.9 Å². The lowest BCUT2D eigenvalue weighted by molar-refractivity contribution is -0.192. The largest absolute Gasteiger partial charge is 0.492 e. The van der Waals surface area contributed by atoms with Gasteiger partial charge in [0.25, 0.3) is 5.91 Å². The summed E-state index contributed by atoms with van der Waals surface area (Å²) in [7, 11) is 1.53. The first-order valence-electron chi connectivity index (χ1n) is 12.7. The number of pyridine rings is 2. The fourth-order valence-electron chi connectivity index (χ4n) is 3.38. The van der Waals surface area contributed by atoms with Crippen LogP contribution in [-0.4, -0.2) is 65.3 Å². The molecule has 0 aliphatic heterocycles. The Bertz CT molecular complexity index is 1620. The summed E-state index contributed by atoms with van der Waals surface area (Å²) in [6.07, 6.45) is -3.55. The average molecular weight is 645 g/mol. The van der Waals surface area contributed by atoms with Crippen LogP contribution < -0.4 is 26.8 Å². The Morgan fingerprint density at radius 1 is 1.13 bits per heavy atom. The van der Waals surface area contributed by atoms with Crippen molar-refractivity contribution in [2.24, 2.45) is 5.73 Å². The number of carbonyl (C=O) groups is 3. The zero-order chi connectivity index (χ0) is 33.7. The first-order valence-corrected chi connectivity index (χ1v) is 13.7. The van der Waals surface area contributed by atoms with Crippen LogP contribution in [0.4, 0.5) is 19.0 Å². The highest BCUT2D eigenvalue weighted by Crippen LogP contribution is 2.37. The number of nitrogens with two attached hydrogens (primary N) is 2. The Balaban J connectivity index is 0.000000900. The van der Waals surface area contributed by atoms with Gasteiger partial charge in [-0.2, -0.15) is 23.7 Å². The topological polar surface area (TPSA) is 230 Å². The number of carboxylic acid groups (broad SMARTS) is 1. The van der Waals surface area contributed by atoms with Crippen LogP contribution in [0.5, 0.6) is 5.75 Å². The first kappa shape index (κ1) is 35.8. The molecule has 0 aliphatic carbocycles. The van der Waals surface area contributed by atoms with Crippen molar-refractivity contribution in [1.29, 1.82) is 10.5 Å². The molecular weight excluding hydrogens is 617 g/mol. The van der Waals surface area contributed by atoms with Crippen molar-refractivity contribution in [3.05, 3.63) is 65.0 Å². The molecule has 3 aromatic rings. The molecule has 2 heterocycles. The summed E-state index contributed by atoms with van der Waals surface area (Å²) < 4.78 is 37.4. The molecule has 13 nitrogen and oxygen atoms in total. The summed E-state index contributed by atoms with van der Waals surface area (Å²) in [5.41, 5.74) is 14.0. The van der Waals surface area contributed by atoms with Crippen LogP contribution in [0, 0.1) is 22.7 Å². The van der Waals surface area contributed by atoms with Gasteiger partial charge in [-0.25, -0.2) is 9.78 Å². The molecule has 2 amide bonds. The predicted molar refractivity (Wildman–Crippen MR) is 157 cm³/mol. The van der Waals surface area contributed by atoms with E-state index in [4.69, 9.17) is 26.1 Å². The second-order valence-corrected chi connectivity index (χ2v) is 9.79. The summed E-state index contributed by atoms with van der Waals surface area (Å²) in [6, 6.07) is 13.9. The van der Waals surface area contributed by atoms with E-state index in [2.05, 4.69) is 32.7 Å². The van der Waals surface area contributed by atoms with Crippen molar-refractivity contribution in [3.8, 4) is 29.0 Å². The van der Waals surface area contributed by atoms with E-state index in [-0.39, 0.29) is 41.1 Å². The van der Waals surface area contributed by atoms with E-state index in [1.165, 1.54) is 25.0 Å². The number of amides is 2. The number of carboxylic acids is 1. The number of ether oxygens (including phenoxy) is 1. The molecule has 3 rings (SSSR count). The highest BCUT2D eigenvalue weighted by atomic mass is 32.2. The van der Waals surface area contributed by atoms with Gasteiger partial charge < -0.3 is 31.9 Å². The van der Waals surface area contributed by atoms with Gasteiger partial charge in [0, 0.05) is 24.6 Å². The van der Waals surface area contributed by atoms with Crippen molar-refractivity contribution >= 4 is 35.4 Å². The number of benzene rings is 1. The van der Waals surface area contributed by atoms with E-state index in [9.17, 15) is 33.3 Å². The quantitative estimate of drug-likeness (QED) is 0.158. The van der Waals surface area contributed by atoms with Crippen LogP contribution in [0.15, 0.2) is 47.6 Å². The zero-order valence-electron chi connectivity index (χ0n) is 23.8. The van der Waals surface area contributed by atoms with Crippen LogP contribution in [0.1, 0.15) is 34.1 Å². The van der Waals surface area contributed by atoms with E-state index in [1.54, 1.807) is 43.3 Å². The molecule has 2 aromatic heterocycles. The minimum absolute atomic E-state index is 0.00924. The number of nitrogens with zero attached hydrogens (tertiary/aromatic N) is 4. The van der Waals surface area contributed by atoms with Crippen molar-refractivity contribution in [1.82, 2.24) is 20.6 Å². The molecule has 0 spiro atoms. The van der Waals surface area contributed by atoms with E-state index in [0.29, 0.717) is 34.2 Å². The molecule has 0 bridgehead atoms. The molecule has 0 fully saturated rings. The minimum atomic E-state index is -5.08. The smallest absolute Gasteiger partial charge is 0.490 e. The standard InChI is InChI=1S/C26H26N8O3S.C2HF3O2/c1-15(29)24(35)33-9-10-37-18-5-3-17(4-6-18)22-19(12-27)23(30)34-26(20(22)13-28)38-14-16-7-8-32-21(11-16)25(36)31-2;3-2(4,5)1(6)7/h3-8,11,15H,9-10,14,29H2,1-2H3,(H2,30,34)(H,31,36)(H,33,35);(H,6,7)/t15-;/m0./s1. The van der Waals surface area contributed by atoms with Gasteiger partial charge in [0.2, 0.25) is 5.91 Å². The van der Waals surface area contributed by atoms with Crippen LogP contribution in [0.25, 0.3) is 11.1 Å². The number of carbonyl (C=O) groups excluding carboxylic acids is 2. The number of anilines is 1. The molecule has 0 saturated carbocycles. The third-order valence-electron chi connectivity index (χ3n) is 5.54. The van der Waals surface area contributed by atoms with Gasteiger partial charge in [-0.15, -0.1) is 11.8 Å². The lowest BCUT2D eigenvalue weighted by Gasteiger charge is -2.14. The van der Waals surface area contributed by atoms with Gasteiger partial charge in [-0.05, 0) is 42.3 Å². The number of nitrogen functional groups attached to an aromatic ring is 1.